The van der Waals surface area contributed by atoms with Gasteiger partial charge in [0.25, 0.3) is 5.91 Å². The lowest BCUT2D eigenvalue weighted by molar-refractivity contribution is -0.132. The summed E-state index contributed by atoms with van der Waals surface area (Å²) in [6.07, 6.45) is 2.90. The molecule has 1 aliphatic heterocycles. The third-order valence-electron chi connectivity index (χ3n) is 3.45. The van der Waals surface area contributed by atoms with Crippen molar-refractivity contribution in [1.29, 1.82) is 0 Å². The SMILES string of the molecule is O=C(NC1CCN(C(=O)CCCCl)CC1)c1cccs1. The second kappa shape index (κ2) is 7.64. The monoisotopic (exact) mass is 314 g/mol. The van der Waals surface area contributed by atoms with E-state index in [0.29, 0.717) is 12.3 Å². The zero-order valence-electron chi connectivity index (χ0n) is 11.3. The average Bonchev–Trinajstić information content (AvgIpc) is 3.00. The third kappa shape index (κ3) is 4.21. The summed E-state index contributed by atoms with van der Waals surface area (Å²) >= 11 is 7.04. The normalized spacial score (nSPS) is 16.1. The van der Waals surface area contributed by atoms with Crippen molar-refractivity contribution in [1.82, 2.24) is 10.2 Å². The minimum Gasteiger partial charge on any atom is -0.348 e. The predicted octanol–water partition coefficient (Wildman–Crippen LogP) is 2.49. The smallest absolute Gasteiger partial charge is 0.261 e. The van der Waals surface area contributed by atoms with Crippen molar-refractivity contribution in [2.24, 2.45) is 0 Å². The molecule has 1 N–H and O–H groups in total. The highest BCUT2D eigenvalue weighted by molar-refractivity contribution is 7.12. The summed E-state index contributed by atoms with van der Waals surface area (Å²) in [5.74, 6) is 0.694. The summed E-state index contributed by atoms with van der Waals surface area (Å²) in [6.45, 7) is 1.44. The standard InChI is InChI=1S/C14H19ClN2O2S/c15-7-1-4-13(18)17-8-5-11(6-9-17)16-14(19)12-3-2-10-20-12/h2-3,10-11H,1,4-9H2,(H,16,19). The number of nitrogens with one attached hydrogen (secondary N) is 1. The summed E-state index contributed by atoms with van der Waals surface area (Å²) in [7, 11) is 0. The van der Waals surface area contributed by atoms with Crippen LogP contribution in [0.4, 0.5) is 0 Å². The maximum absolute atomic E-state index is 11.9. The molecule has 1 aromatic heterocycles. The molecule has 0 bridgehead atoms. The molecule has 1 saturated heterocycles. The number of nitrogens with zero attached hydrogens (tertiary/aromatic N) is 1. The molecule has 4 nitrogen and oxygen atoms in total. The van der Waals surface area contributed by atoms with Gasteiger partial charge in [-0.25, -0.2) is 0 Å². The number of hydrogen-bond acceptors (Lipinski definition) is 3. The van der Waals surface area contributed by atoms with Crippen LogP contribution in [0.3, 0.4) is 0 Å². The van der Waals surface area contributed by atoms with Crippen LogP contribution in [0.1, 0.15) is 35.4 Å². The maximum atomic E-state index is 11.9. The highest BCUT2D eigenvalue weighted by atomic mass is 35.5. The van der Waals surface area contributed by atoms with Crippen molar-refractivity contribution in [2.45, 2.75) is 31.7 Å². The van der Waals surface area contributed by atoms with Crippen LogP contribution in [0.5, 0.6) is 0 Å². The lowest BCUT2D eigenvalue weighted by Crippen LogP contribution is -2.46. The molecule has 6 heteroatoms. The number of hydrogen-bond donors (Lipinski definition) is 1. The maximum Gasteiger partial charge on any atom is 0.261 e. The van der Waals surface area contributed by atoms with Gasteiger partial charge in [-0.2, -0.15) is 0 Å². The zero-order valence-corrected chi connectivity index (χ0v) is 12.9. The van der Waals surface area contributed by atoms with Crippen LogP contribution in [0.2, 0.25) is 0 Å². The fraction of sp³-hybridized carbons (Fsp3) is 0.571. The molecular weight excluding hydrogens is 296 g/mol. The summed E-state index contributed by atoms with van der Waals surface area (Å²) < 4.78 is 0. The Bertz CT molecular complexity index is 442. The summed E-state index contributed by atoms with van der Waals surface area (Å²) in [5.41, 5.74) is 0. The summed E-state index contributed by atoms with van der Waals surface area (Å²) in [5, 5.41) is 4.93. The van der Waals surface area contributed by atoms with Gasteiger partial charge in [0, 0.05) is 31.4 Å². The molecular formula is C14H19ClN2O2S. The molecule has 0 aromatic carbocycles. The number of rotatable bonds is 5. The van der Waals surface area contributed by atoms with Gasteiger partial charge < -0.3 is 10.2 Å². The lowest BCUT2D eigenvalue weighted by Gasteiger charge is -2.32. The third-order valence-corrected chi connectivity index (χ3v) is 4.59. The Hall–Kier alpha value is -1.07. The van der Waals surface area contributed by atoms with Crippen LogP contribution in [0.15, 0.2) is 17.5 Å². The van der Waals surface area contributed by atoms with Crippen molar-refractivity contribution in [2.75, 3.05) is 19.0 Å². The van der Waals surface area contributed by atoms with E-state index in [0.717, 1.165) is 37.2 Å². The Morgan fingerprint density at radius 3 is 2.75 bits per heavy atom. The topological polar surface area (TPSA) is 49.4 Å². The Labute approximate surface area is 128 Å². The van der Waals surface area contributed by atoms with E-state index >= 15 is 0 Å². The van der Waals surface area contributed by atoms with Gasteiger partial charge in [-0.1, -0.05) is 6.07 Å². The Kier molecular flexibility index (Phi) is 5.86. The van der Waals surface area contributed by atoms with E-state index in [1.54, 1.807) is 0 Å². The van der Waals surface area contributed by atoms with E-state index in [1.807, 2.05) is 22.4 Å². The molecule has 20 heavy (non-hydrogen) atoms. The van der Waals surface area contributed by atoms with Crippen molar-refractivity contribution >= 4 is 34.8 Å². The molecule has 1 aliphatic rings. The summed E-state index contributed by atoms with van der Waals surface area (Å²) in [6, 6.07) is 3.87. The number of likely N-dealkylation sites (tertiary alicyclic amines) is 1. The van der Waals surface area contributed by atoms with Gasteiger partial charge in [-0.15, -0.1) is 22.9 Å². The zero-order chi connectivity index (χ0) is 14.4. The minimum atomic E-state index is -0.00748. The highest BCUT2D eigenvalue weighted by Gasteiger charge is 2.23. The molecule has 1 aromatic rings. The van der Waals surface area contributed by atoms with Crippen molar-refractivity contribution < 1.29 is 9.59 Å². The second-order valence-corrected chi connectivity index (χ2v) is 6.22. The quantitative estimate of drug-likeness (QED) is 0.849. The fourth-order valence-corrected chi connectivity index (χ4v) is 3.07. The van der Waals surface area contributed by atoms with Gasteiger partial charge >= 0.3 is 0 Å². The highest BCUT2D eigenvalue weighted by Crippen LogP contribution is 2.14. The molecule has 2 heterocycles. The Morgan fingerprint density at radius 1 is 1.40 bits per heavy atom. The molecule has 0 atom stereocenters. The van der Waals surface area contributed by atoms with Crippen molar-refractivity contribution in [3.8, 4) is 0 Å². The molecule has 2 rings (SSSR count). The van der Waals surface area contributed by atoms with Gasteiger partial charge in [-0.3, -0.25) is 9.59 Å². The van der Waals surface area contributed by atoms with E-state index in [4.69, 9.17) is 11.6 Å². The minimum absolute atomic E-state index is 0.00748. The van der Waals surface area contributed by atoms with Crippen LogP contribution in [-0.4, -0.2) is 41.7 Å². The molecule has 0 unspecified atom stereocenters. The predicted molar refractivity (Wildman–Crippen MR) is 81.3 cm³/mol. The van der Waals surface area contributed by atoms with Gasteiger partial charge in [0.05, 0.1) is 4.88 Å². The molecule has 110 valence electrons. The van der Waals surface area contributed by atoms with E-state index in [1.165, 1.54) is 11.3 Å². The van der Waals surface area contributed by atoms with Gasteiger partial charge in [0.1, 0.15) is 0 Å². The van der Waals surface area contributed by atoms with Gasteiger partial charge in [-0.05, 0) is 30.7 Å². The number of thiophene rings is 1. The van der Waals surface area contributed by atoms with Gasteiger partial charge in [0.15, 0.2) is 0 Å². The Morgan fingerprint density at radius 2 is 2.15 bits per heavy atom. The number of carbonyl (C=O) groups excluding carboxylic acids is 2. The van der Waals surface area contributed by atoms with E-state index in [-0.39, 0.29) is 17.9 Å². The number of halogens is 1. The number of amides is 2. The first-order chi connectivity index (χ1) is 9.70. The fourth-order valence-electron chi connectivity index (χ4n) is 2.31. The number of piperidine rings is 1. The van der Waals surface area contributed by atoms with Crippen LogP contribution in [0, 0.1) is 0 Å². The van der Waals surface area contributed by atoms with Gasteiger partial charge in [0.2, 0.25) is 5.91 Å². The Balaban J connectivity index is 1.74. The second-order valence-electron chi connectivity index (χ2n) is 4.90. The van der Waals surface area contributed by atoms with Crippen LogP contribution < -0.4 is 5.32 Å². The largest absolute Gasteiger partial charge is 0.348 e. The van der Waals surface area contributed by atoms with E-state index < -0.39 is 0 Å². The molecule has 0 saturated carbocycles. The van der Waals surface area contributed by atoms with Crippen LogP contribution in [0.25, 0.3) is 0 Å². The average molecular weight is 315 g/mol. The molecule has 0 radical (unpaired) electrons. The number of alkyl halides is 1. The van der Waals surface area contributed by atoms with Crippen LogP contribution >= 0.6 is 22.9 Å². The summed E-state index contributed by atoms with van der Waals surface area (Å²) in [4.78, 5) is 26.4. The van der Waals surface area contributed by atoms with Crippen molar-refractivity contribution in [3.05, 3.63) is 22.4 Å². The van der Waals surface area contributed by atoms with E-state index in [9.17, 15) is 9.59 Å². The lowest BCUT2D eigenvalue weighted by atomic mass is 10.0. The first-order valence-electron chi connectivity index (χ1n) is 6.89. The molecule has 2 amide bonds. The number of carbonyl (C=O) groups is 2. The first-order valence-corrected chi connectivity index (χ1v) is 8.30. The molecule has 0 aliphatic carbocycles. The molecule has 1 fully saturated rings. The van der Waals surface area contributed by atoms with Crippen molar-refractivity contribution in [3.63, 3.8) is 0 Å². The molecule has 0 spiro atoms. The van der Waals surface area contributed by atoms with E-state index in [2.05, 4.69) is 5.32 Å². The van der Waals surface area contributed by atoms with Crippen LogP contribution in [-0.2, 0) is 4.79 Å². The first kappa shape index (κ1) is 15.3.